The molecule has 4 nitrogen and oxygen atoms in total. The SMILES string of the molecule is CC(C)(C)C(=O)N1CCC(c2ccc(Nc3ccnc4cc(Cl)ccc34)cc2)CC1. The van der Waals surface area contributed by atoms with Crippen LogP contribution in [-0.4, -0.2) is 28.9 Å². The van der Waals surface area contributed by atoms with Gasteiger partial charge in [-0.2, -0.15) is 0 Å². The molecule has 1 aliphatic rings. The Morgan fingerprint density at radius 3 is 2.43 bits per heavy atom. The summed E-state index contributed by atoms with van der Waals surface area (Å²) in [4.78, 5) is 18.9. The van der Waals surface area contributed by atoms with Gasteiger partial charge in [0.1, 0.15) is 0 Å². The number of rotatable bonds is 3. The molecule has 30 heavy (non-hydrogen) atoms. The van der Waals surface area contributed by atoms with Crippen molar-refractivity contribution in [3.8, 4) is 0 Å². The smallest absolute Gasteiger partial charge is 0.227 e. The van der Waals surface area contributed by atoms with Crippen molar-refractivity contribution in [2.45, 2.75) is 39.5 Å². The molecule has 2 aromatic carbocycles. The van der Waals surface area contributed by atoms with Gasteiger partial charge in [0.25, 0.3) is 0 Å². The number of piperidine rings is 1. The summed E-state index contributed by atoms with van der Waals surface area (Å²) < 4.78 is 0. The second kappa shape index (κ2) is 8.27. The zero-order valence-corrected chi connectivity index (χ0v) is 18.5. The van der Waals surface area contributed by atoms with Crippen molar-refractivity contribution in [2.75, 3.05) is 18.4 Å². The fourth-order valence-electron chi connectivity index (χ4n) is 4.11. The minimum absolute atomic E-state index is 0.256. The highest BCUT2D eigenvalue weighted by atomic mass is 35.5. The van der Waals surface area contributed by atoms with E-state index >= 15 is 0 Å². The molecule has 1 aromatic heterocycles. The number of carbonyl (C=O) groups excluding carboxylic acids is 1. The second-order valence-corrected chi connectivity index (χ2v) is 9.52. The first-order valence-electron chi connectivity index (χ1n) is 10.5. The Balaban J connectivity index is 1.43. The molecule has 1 N–H and O–H groups in total. The fraction of sp³-hybridized carbons (Fsp3) is 0.360. The number of halogens is 1. The van der Waals surface area contributed by atoms with E-state index in [0.717, 1.165) is 48.2 Å². The number of anilines is 2. The molecule has 2 heterocycles. The molecule has 4 rings (SSSR count). The summed E-state index contributed by atoms with van der Waals surface area (Å²) in [5.74, 6) is 0.762. The van der Waals surface area contributed by atoms with Crippen molar-refractivity contribution in [3.05, 3.63) is 65.3 Å². The number of likely N-dealkylation sites (tertiary alicyclic amines) is 1. The lowest BCUT2D eigenvalue weighted by molar-refractivity contribution is -0.140. The second-order valence-electron chi connectivity index (χ2n) is 9.08. The molecule has 0 atom stereocenters. The molecule has 0 unspecified atom stereocenters. The minimum atomic E-state index is -0.303. The van der Waals surface area contributed by atoms with E-state index in [9.17, 15) is 4.79 Å². The number of hydrogen-bond acceptors (Lipinski definition) is 3. The maximum absolute atomic E-state index is 12.5. The Morgan fingerprint density at radius 2 is 1.77 bits per heavy atom. The predicted molar refractivity (Wildman–Crippen MR) is 124 cm³/mol. The van der Waals surface area contributed by atoms with Gasteiger partial charge in [0.15, 0.2) is 0 Å². The molecular formula is C25H28ClN3O. The Kier molecular flexibility index (Phi) is 5.70. The number of carbonyl (C=O) groups is 1. The molecule has 5 heteroatoms. The normalized spacial score (nSPS) is 15.4. The van der Waals surface area contributed by atoms with Gasteiger partial charge in [0, 0.05) is 46.5 Å². The molecule has 0 bridgehead atoms. The fourth-order valence-corrected chi connectivity index (χ4v) is 4.28. The van der Waals surface area contributed by atoms with E-state index in [0.29, 0.717) is 10.9 Å². The first-order chi connectivity index (χ1) is 14.3. The molecular weight excluding hydrogens is 394 g/mol. The van der Waals surface area contributed by atoms with Crippen LogP contribution in [-0.2, 0) is 4.79 Å². The van der Waals surface area contributed by atoms with Gasteiger partial charge < -0.3 is 10.2 Å². The molecule has 1 fully saturated rings. The van der Waals surface area contributed by atoms with Crippen LogP contribution in [0.15, 0.2) is 54.7 Å². The van der Waals surface area contributed by atoms with E-state index in [1.54, 1.807) is 6.20 Å². The highest BCUT2D eigenvalue weighted by Gasteiger charge is 2.30. The highest BCUT2D eigenvalue weighted by Crippen LogP contribution is 2.32. The van der Waals surface area contributed by atoms with Crippen molar-refractivity contribution in [3.63, 3.8) is 0 Å². The zero-order valence-electron chi connectivity index (χ0n) is 17.8. The van der Waals surface area contributed by atoms with E-state index in [4.69, 9.17) is 11.6 Å². The summed E-state index contributed by atoms with van der Waals surface area (Å²) in [5.41, 5.74) is 3.97. The van der Waals surface area contributed by atoms with Crippen LogP contribution in [0, 0.1) is 5.41 Å². The van der Waals surface area contributed by atoms with Crippen LogP contribution in [0.25, 0.3) is 10.9 Å². The number of fused-ring (bicyclic) bond motifs is 1. The van der Waals surface area contributed by atoms with Crippen molar-refractivity contribution >= 4 is 39.8 Å². The molecule has 156 valence electrons. The van der Waals surface area contributed by atoms with Crippen LogP contribution in [0.1, 0.15) is 45.1 Å². The quantitative estimate of drug-likeness (QED) is 0.533. The van der Waals surface area contributed by atoms with Crippen LogP contribution >= 0.6 is 11.6 Å². The highest BCUT2D eigenvalue weighted by molar-refractivity contribution is 6.31. The molecule has 3 aromatic rings. The monoisotopic (exact) mass is 421 g/mol. The minimum Gasteiger partial charge on any atom is -0.355 e. The summed E-state index contributed by atoms with van der Waals surface area (Å²) in [6, 6.07) is 16.4. The number of hydrogen-bond donors (Lipinski definition) is 1. The Bertz CT molecular complexity index is 1050. The molecule has 1 amide bonds. The third kappa shape index (κ3) is 4.44. The number of amides is 1. The van der Waals surface area contributed by atoms with Gasteiger partial charge in [0.2, 0.25) is 5.91 Å². The maximum atomic E-state index is 12.5. The lowest BCUT2D eigenvalue weighted by atomic mass is 9.87. The van der Waals surface area contributed by atoms with E-state index < -0.39 is 0 Å². The molecule has 1 saturated heterocycles. The van der Waals surface area contributed by atoms with E-state index in [-0.39, 0.29) is 11.3 Å². The van der Waals surface area contributed by atoms with Crippen LogP contribution in [0.4, 0.5) is 11.4 Å². The Labute approximate surface area is 183 Å². The van der Waals surface area contributed by atoms with Crippen molar-refractivity contribution < 1.29 is 4.79 Å². The summed E-state index contributed by atoms with van der Waals surface area (Å²) in [7, 11) is 0. The van der Waals surface area contributed by atoms with Crippen LogP contribution < -0.4 is 5.32 Å². The van der Waals surface area contributed by atoms with E-state index in [1.807, 2.05) is 49.9 Å². The molecule has 0 radical (unpaired) electrons. The first-order valence-corrected chi connectivity index (χ1v) is 10.9. The van der Waals surface area contributed by atoms with Gasteiger partial charge in [-0.25, -0.2) is 0 Å². The van der Waals surface area contributed by atoms with Gasteiger partial charge in [-0.15, -0.1) is 0 Å². The lowest BCUT2D eigenvalue weighted by Crippen LogP contribution is -2.43. The third-order valence-corrected chi connectivity index (χ3v) is 6.02. The largest absolute Gasteiger partial charge is 0.355 e. The summed E-state index contributed by atoms with van der Waals surface area (Å²) in [5, 5.41) is 5.23. The Morgan fingerprint density at radius 1 is 1.07 bits per heavy atom. The van der Waals surface area contributed by atoms with Crippen LogP contribution in [0.3, 0.4) is 0 Å². The van der Waals surface area contributed by atoms with Crippen LogP contribution in [0.5, 0.6) is 0 Å². The average Bonchev–Trinajstić information content (AvgIpc) is 2.73. The number of aromatic nitrogens is 1. The number of benzene rings is 2. The summed E-state index contributed by atoms with van der Waals surface area (Å²) in [6.07, 6.45) is 3.83. The van der Waals surface area contributed by atoms with Crippen LogP contribution in [0.2, 0.25) is 5.02 Å². The standard InChI is InChI=1S/C25H28ClN3O/c1-25(2,3)24(30)29-14-11-18(12-15-29)17-4-7-20(8-5-17)28-22-10-13-27-23-16-19(26)6-9-21(22)23/h4-10,13,16,18H,11-12,14-15H2,1-3H3,(H,27,28). The van der Waals surface area contributed by atoms with E-state index in [1.165, 1.54) is 5.56 Å². The molecule has 0 aliphatic carbocycles. The Hall–Kier alpha value is -2.59. The average molecular weight is 422 g/mol. The van der Waals surface area contributed by atoms with Crippen molar-refractivity contribution in [1.29, 1.82) is 0 Å². The van der Waals surface area contributed by atoms with Gasteiger partial charge in [-0.3, -0.25) is 9.78 Å². The zero-order chi connectivity index (χ0) is 21.3. The molecule has 0 spiro atoms. The lowest BCUT2D eigenvalue weighted by Gasteiger charge is -2.36. The van der Waals surface area contributed by atoms with Crippen molar-refractivity contribution in [2.24, 2.45) is 5.41 Å². The van der Waals surface area contributed by atoms with Gasteiger partial charge in [-0.05, 0) is 60.7 Å². The van der Waals surface area contributed by atoms with E-state index in [2.05, 4.69) is 34.6 Å². The summed E-state index contributed by atoms with van der Waals surface area (Å²) in [6.45, 7) is 7.66. The summed E-state index contributed by atoms with van der Waals surface area (Å²) >= 11 is 6.09. The molecule has 0 saturated carbocycles. The van der Waals surface area contributed by atoms with Crippen molar-refractivity contribution in [1.82, 2.24) is 9.88 Å². The predicted octanol–water partition coefficient (Wildman–Crippen LogP) is 6.38. The van der Waals surface area contributed by atoms with Gasteiger partial charge >= 0.3 is 0 Å². The number of nitrogens with zero attached hydrogens (tertiary/aromatic N) is 2. The topological polar surface area (TPSA) is 45.2 Å². The number of pyridine rings is 1. The maximum Gasteiger partial charge on any atom is 0.227 e. The molecule has 1 aliphatic heterocycles. The third-order valence-electron chi connectivity index (χ3n) is 5.79. The van der Waals surface area contributed by atoms with Gasteiger partial charge in [0.05, 0.1) is 5.52 Å². The first kappa shape index (κ1) is 20.7. The number of nitrogens with one attached hydrogen (secondary N) is 1. The van der Waals surface area contributed by atoms with Gasteiger partial charge in [-0.1, -0.05) is 44.5 Å².